The Labute approximate surface area is 298 Å². The SMILES string of the molecule is O=P(O)(O)Oc1c2c(c(OP(=O)(O)O)c3c1[C@@H]1C[C@H]3c3cc4c(cc31)C1C[C@H]4c3ccccc31)C1C[C@@H]2c2cc3c(cc21)[C@@H]1C[C@@H]3c2ccccc21. The normalized spacial score (nSPS) is 29.0. The van der Waals surface area contributed by atoms with E-state index < -0.39 is 15.6 Å². The quantitative estimate of drug-likeness (QED) is 0.136. The molecule has 5 aromatic carbocycles. The summed E-state index contributed by atoms with van der Waals surface area (Å²) in [6.07, 6.45) is 3.33. The zero-order valence-electron chi connectivity index (χ0n) is 27.7. The van der Waals surface area contributed by atoms with Gasteiger partial charge in [-0.05, 0) is 92.4 Å². The first-order valence-electron chi connectivity index (χ1n) is 18.3. The van der Waals surface area contributed by atoms with Gasteiger partial charge in [0.1, 0.15) is 11.5 Å². The largest absolute Gasteiger partial charge is 0.524 e. The molecule has 52 heavy (non-hydrogen) atoms. The molecule has 0 spiro atoms. The molecular weight excluding hydrogens is 694 g/mol. The van der Waals surface area contributed by atoms with E-state index in [1.807, 2.05) is 0 Å². The van der Waals surface area contributed by atoms with E-state index in [0.29, 0.717) is 58.8 Å². The number of benzene rings is 5. The fraction of sp³-hybridized carbons (Fsp3) is 0.286. The van der Waals surface area contributed by atoms with Crippen LogP contribution in [0, 0.1) is 0 Å². The van der Waals surface area contributed by atoms with Crippen LogP contribution in [-0.4, -0.2) is 19.6 Å². The van der Waals surface area contributed by atoms with Gasteiger partial charge in [-0.25, -0.2) is 9.13 Å². The Hall–Kier alpha value is -4.00. The Bertz CT molecular complexity index is 2340. The van der Waals surface area contributed by atoms with Crippen molar-refractivity contribution in [2.75, 3.05) is 0 Å². The Morgan fingerprint density at radius 2 is 0.615 bits per heavy atom. The molecular formula is C42H32O8P2. The predicted octanol–water partition coefficient (Wildman–Crippen LogP) is 8.55. The van der Waals surface area contributed by atoms with Crippen LogP contribution in [0.1, 0.15) is 162 Å². The first-order chi connectivity index (χ1) is 25.0. The van der Waals surface area contributed by atoms with Gasteiger partial charge in [-0.15, -0.1) is 0 Å². The average molecular weight is 727 g/mol. The highest BCUT2D eigenvalue weighted by atomic mass is 31.2. The summed E-state index contributed by atoms with van der Waals surface area (Å²) in [5.74, 6) is 0.661. The van der Waals surface area contributed by atoms with Gasteiger partial charge in [0, 0.05) is 69.6 Å². The first kappa shape index (κ1) is 29.5. The molecule has 0 heterocycles. The lowest BCUT2D eigenvalue weighted by atomic mass is 9.74. The first-order valence-corrected chi connectivity index (χ1v) is 21.3. The van der Waals surface area contributed by atoms with Gasteiger partial charge in [0.2, 0.25) is 0 Å². The maximum Gasteiger partial charge on any atom is 0.524 e. The van der Waals surface area contributed by atoms with Crippen molar-refractivity contribution in [1.82, 2.24) is 0 Å². The number of phosphoric acid groups is 2. The highest BCUT2D eigenvalue weighted by Gasteiger charge is 2.56. The molecule has 0 saturated heterocycles. The van der Waals surface area contributed by atoms with Gasteiger partial charge in [0.25, 0.3) is 0 Å². The molecule has 0 aromatic heterocycles. The van der Waals surface area contributed by atoms with Crippen molar-refractivity contribution in [1.29, 1.82) is 0 Å². The second-order valence-electron chi connectivity index (χ2n) is 16.3. The van der Waals surface area contributed by atoms with Gasteiger partial charge in [-0.2, -0.15) is 0 Å². The van der Waals surface area contributed by atoms with Gasteiger partial charge >= 0.3 is 15.6 Å². The van der Waals surface area contributed by atoms with Crippen molar-refractivity contribution in [2.24, 2.45) is 0 Å². The minimum Gasteiger partial charge on any atom is -0.404 e. The third-order valence-electron chi connectivity index (χ3n) is 14.3. The minimum absolute atomic E-state index is 0.187. The third-order valence-corrected chi connectivity index (χ3v) is 15.2. The van der Waals surface area contributed by atoms with Crippen LogP contribution in [0.4, 0.5) is 0 Å². The zero-order chi connectivity index (χ0) is 34.7. The second-order valence-corrected chi connectivity index (χ2v) is 18.6. The summed E-state index contributed by atoms with van der Waals surface area (Å²) in [5, 5.41) is 0. The molecule has 0 amide bonds. The Balaban J connectivity index is 1.03. The summed E-state index contributed by atoms with van der Waals surface area (Å²) < 4.78 is 37.3. The van der Waals surface area contributed by atoms with E-state index in [9.17, 15) is 28.7 Å². The second kappa shape index (κ2) is 9.19. The van der Waals surface area contributed by atoms with Gasteiger partial charge in [0.05, 0.1) is 0 Å². The van der Waals surface area contributed by atoms with Crippen LogP contribution in [0.3, 0.4) is 0 Å². The van der Waals surface area contributed by atoms with Gasteiger partial charge in [0.15, 0.2) is 0 Å². The number of hydrogen-bond donors (Lipinski definition) is 4. The lowest BCUT2D eigenvalue weighted by Crippen LogP contribution is -2.16. The van der Waals surface area contributed by atoms with Crippen molar-refractivity contribution < 1.29 is 37.8 Å². The lowest BCUT2D eigenvalue weighted by Gasteiger charge is -2.33. The molecule has 8 atom stereocenters. The van der Waals surface area contributed by atoms with Crippen LogP contribution in [0.25, 0.3) is 0 Å². The van der Waals surface area contributed by atoms with Crippen molar-refractivity contribution in [3.8, 4) is 11.5 Å². The molecule has 2 unspecified atom stereocenters. The zero-order valence-corrected chi connectivity index (χ0v) is 29.5. The van der Waals surface area contributed by atoms with E-state index in [0.717, 1.165) is 35.1 Å². The molecule has 8 nitrogen and oxygen atoms in total. The summed E-state index contributed by atoms with van der Waals surface area (Å²) in [6.45, 7) is 0. The van der Waals surface area contributed by atoms with Crippen LogP contribution in [0.5, 0.6) is 11.5 Å². The fourth-order valence-corrected chi connectivity index (χ4v) is 13.7. The molecule has 13 rings (SSSR count). The summed E-state index contributed by atoms with van der Waals surface area (Å²) in [7, 11) is -10.1. The Morgan fingerprint density at radius 1 is 0.385 bits per heavy atom. The summed E-state index contributed by atoms with van der Waals surface area (Å²) in [4.78, 5) is 41.7. The Morgan fingerprint density at radius 3 is 0.865 bits per heavy atom. The van der Waals surface area contributed by atoms with E-state index in [-0.39, 0.29) is 35.2 Å². The molecule has 5 aromatic rings. The van der Waals surface area contributed by atoms with E-state index in [4.69, 9.17) is 9.05 Å². The molecule has 0 fully saturated rings. The van der Waals surface area contributed by atoms with Crippen molar-refractivity contribution in [3.05, 3.63) is 162 Å². The minimum atomic E-state index is -5.03. The highest BCUT2D eigenvalue weighted by Crippen LogP contribution is 2.73. The monoisotopic (exact) mass is 726 g/mol. The number of fused-ring (bicyclic) bond motifs is 32. The van der Waals surface area contributed by atoms with Gasteiger partial charge in [-0.1, -0.05) is 72.8 Å². The molecule has 0 aliphatic heterocycles. The maximum absolute atomic E-state index is 12.8. The van der Waals surface area contributed by atoms with Crippen LogP contribution < -0.4 is 9.05 Å². The standard InChI is InChI=1S/C42H32O8P2/c43-51(44,45)49-41-37-33-15-34(30-12-26-22-9-21(25(26)11-29(30)33)17-5-1-2-6-18(17)22)38(37)42(50-52(46,47)48)40-36-16-35(39(40)41)31-13-27-23-10-24(28(27)14-32(31)36)20-8-4-3-7-19(20)23/h1-8,11-14,21-24,33-36H,9-10,15-16H2,(H2,43,44,45)(H2,46,47,48)/t21-,22-,23+,24?,33?,34-,35+,36-/m1/s1. The summed E-state index contributed by atoms with van der Waals surface area (Å²) in [5.41, 5.74) is 17.7. The van der Waals surface area contributed by atoms with Crippen LogP contribution in [-0.2, 0) is 9.13 Å². The molecule has 8 aliphatic carbocycles. The van der Waals surface area contributed by atoms with Crippen molar-refractivity contribution in [2.45, 2.75) is 73.0 Å². The lowest BCUT2D eigenvalue weighted by molar-refractivity contribution is 0.275. The number of phosphoric ester groups is 2. The summed E-state index contributed by atoms with van der Waals surface area (Å²) >= 11 is 0. The molecule has 4 N–H and O–H groups in total. The van der Waals surface area contributed by atoms with Crippen molar-refractivity contribution in [3.63, 3.8) is 0 Å². The van der Waals surface area contributed by atoms with E-state index in [1.165, 1.54) is 44.5 Å². The van der Waals surface area contributed by atoms with Crippen LogP contribution in [0.15, 0.2) is 72.8 Å². The molecule has 258 valence electrons. The van der Waals surface area contributed by atoms with E-state index in [1.54, 1.807) is 0 Å². The van der Waals surface area contributed by atoms with E-state index >= 15 is 0 Å². The van der Waals surface area contributed by atoms with Gasteiger partial charge < -0.3 is 9.05 Å². The number of rotatable bonds is 4. The van der Waals surface area contributed by atoms with Crippen LogP contribution >= 0.6 is 15.6 Å². The number of hydrogen-bond acceptors (Lipinski definition) is 4. The van der Waals surface area contributed by atoms with Crippen molar-refractivity contribution >= 4 is 15.6 Å². The van der Waals surface area contributed by atoms with Crippen LogP contribution in [0.2, 0.25) is 0 Å². The maximum atomic E-state index is 12.8. The molecule has 8 aliphatic rings. The predicted molar refractivity (Wildman–Crippen MR) is 191 cm³/mol. The molecule has 8 bridgehead atoms. The smallest absolute Gasteiger partial charge is 0.404 e. The molecule has 0 radical (unpaired) electrons. The fourth-order valence-electron chi connectivity index (χ4n) is 12.9. The topological polar surface area (TPSA) is 134 Å². The highest BCUT2D eigenvalue weighted by molar-refractivity contribution is 7.47. The molecule has 10 heteroatoms. The molecule has 0 saturated carbocycles. The average Bonchev–Trinajstić information content (AvgIpc) is 3.98. The van der Waals surface area contributed by atoms with E-state index in [2.05, 4.69) is 72.8 Å². The third kappa shape index (κ3) is 3.46. The summed E-state index contributed by atoms with van der Waals surface area (Å²) in [6, 6.07) is 26.6. The Kier molecular flexibility index (Phi) is 5.21. The van der Waals surface area contributed by atoms with Gasteiger partial charge in [-0.3, -0.25) is 19.6 Å².